The van der Waals surface area contributed by atoms with E-state index in [2.05, 4.69) is 5.32 Å². The summed E-state index contributed by atoms with van der Waals surface area (Å²) < 4.78 is 0. The Morgan fingerprint density at radius 1 is 1.19 bits per heavy atom. The van der Waals surface area contributed by atoms with Crippen LogP contribution in [0.2, 0.25) is 0 Å². The van der Waals surface area contributed by atoms with Gasteiger partial charge in [-0.3, -0.25) is 4.79 Å². The van der Waals surface area contributed by atoms with E-state index in [0.29, 0.717) is 0 Å². The fourth-order valence-electron chi connectivity index (χ4n) is 1.76. The maximum Gasteiger partial charge on any atom is 0.339 e. The van der Waals surface area contributed by atoms with Crippen LogP contribution in [-0.4, -0.2) is 50.1 Å². The predicted octanol–water partition coefficient (Wildman–Crippen LogP) is -0.284. The van der Waals surface area contributed by atoms with Crippen LogP contribution in [-0.2, 0) is 4.79 Å². The molecule has 0 aromatic heterocycles. The van der Waals surface area contributed by atoms with E-state index in [4.69, 9.17) is 5.11 Å². The molecule has 0 saturated carbocycles. The molecule has 0 bridgehead atoms. The first-order chi connectivity index (χ1) is 9.73. The molecular weight excluding hydrogens is 282 g/mol. The second kappa shape index (κ2) is 6.91. The average Bonchev–Trinajstić information content (AvgIpc) is 2.37. The van der Waals surface area contributed by atoms with Gasteiger partial charge in [-0.2, -0.15) is 0 Å². The number of phenols is 2. The summed E-state index contributed by atoms with van der Waals surface area (Å²) in [5, 5.41) is 50.0. The molecule has 0 fully saturated rings. The molecule has 0 spiro atoms. The van der Waals surface area contributed by atoms with Gasteiger partial charge in [0.15, 0.2) is 0 Å². The second-order valence-corrected chi connectivity index (χ2v) is 4.52. The minimum Gasteiger partial charge on any atom is -0.507 e. The van der Waals surface area contributed by atoms with Gasteiger partial charge in [-0.15, -0.1) is 0 Å². The van der Waals surface area contributed by atoms with Gasteiger partial charge in [0.25, 0.3) is 0 Å². The lowest BCUT2D eigenvalue weighted by molar-refractivity contribution is -0.119. The van der Waals surface area contributed by atoms with Crippen molar-refractivity contribution in [1.29, 1.82) is 0 Å². The number of hydrogen-bond donors (Lipinski definition) is 6. The van der Waals surface area contributed by atoms with Gasteiger partial charge in [-0.25, -0.2) is 4.79 Å². The van der Waals surface area contributed by atoms with Gasteiger partial charge in [0, 0.05) is 25.1 Å². The SMILES string of the molecule is CC(=O)NCCC(O)C(O)c1cc(C(=O)O)c(O)cc1O. The summed E-state index contributed by atoms with van der Waals surface area (Å²) in [6.07, 6.45) is -2.88. The molecule has 8 heteroatoms. The van der Waals surface area contributed by atoms with E-state index in [1.165, 1.54) is 6.92 Å². The molecule has 0 aliphatic carbocycles. The number of aliphatic hydroxyl groups is 2. The summed E-state index contributed by atoms with van der Waals surface area (Å²) in [5.74, 6) is -2.92. The van der Waals surface area contributed by atoms with Gasteiger partial charge in [0.2, 0.25) is 5.91 Å². The third-order valence-corrected chi connectivity index (χ3v) is 2.87. The molecule has 2 atom stereocenters. The Kier molecular flexibility index (Phi) is 5.51. The number of aromatic hydroxyl groups is 2. The minimum atomic E-state index is -1.56. The predicted molar refractivity (Wildman–Crippen MR) is 71.0 cm³/mol. The third kappa shape index (κ3) is 4.33. The quantitative estimate of drug-likeness (QED) is 0.423. The highest BCUT2D eigenvalue weighted by Gasteiger charge is 2.24. The summed E-state index contributed by atoms with van der Waals surface area (Å²) in [6.45, 7) is 1.41. The lowest BCUT2D eigenvalue weighted by Gasteiger charge is -2.20. The molecule has 0 heterocycles. The number of carbonyl (C=O) groups is 2. The molecule has 8 nitrogen and oxygen atoms in total. The summed E-state index contributed by atoms with van der Waals surface area (Å²) in [6, 6.07) is 1.67. The van der Waals surface area contributed by atoms with E-state index < -0.39 is 35.2 Å². The second-order valence-electron chi connectivity index (χ2n) is 4.52. The lowest BCUT2D eigenvalue weighted by atomic mass is 9.98. The van der Waals surface area contributed by atoms with E-state index in [1.807, 2.05) is 0 Å². The Morgan fingerprint density at radius 2 is 1.81 bits per heavy atom. The highest BCUT2D eigenvalue weighted by molar-refractivity contribution is 5.91. The average molecular weight is 299 g/mol. The number of carboxylic acid groups (broad SMARTS) is 1. The summed E-state index contributed by atoms with van der Waals surface area (Å²) in [4.78, 5) is 21.6. The smallest absolute Gasteiger partial charge is 0.339 e. The Balaban J connectivity index is 2.90. The maximum absolute atomic E-state index is 10.9. The van der Waals surface area contributed by atoms with E-state index in [-0.39, 0.29) is 24.4 Å². The van der Waals surface area contributed by atoms with Crippen molar-refractivity contribution < 1.29 is 35.1 Å². The van der Waals surface area contributed by atoms with Crippen molar-refractivity contribution in [3.8, 4) is 11.5 Å². The first-order valence-electron chi connectivity index (χ1n) is 6.13. The van der Waals surface area contributed by atoms with Crippen LogP contribution >= 0.6 is 0 Å². The molecule has 0 radical (unpaired) electrons. The van der Waals surface area contributed by atoms with Crippen molar-refractivity contribution in [2.24, 2.45) is 0 Å². The van der Waals surface area contributed by atoms with E-state index in [9.17, 15) is 30.0 Å². The van der Waals surface area contributed by atoms with Gasteiger partial charge in [-0.05, 0) is 12.5 Å². The van der Waals surface area contributed by atoms with E-state index in [1.54, 1.807) is 0 Å². The molecule has 1 amide bonds. The topological polar surface area (TPSA) is 147 Å². The molecule has 2 unspecified atom stereocenters. The van der Waals surface area contributed by atoms with Crippen molar-refractivity contribution in [2.75, 3.05) is 6.54 Å². The van der Waals surface area contributed by atoms with Crippen LogP contribution in [0.3, 0.4) is 0 Å². The zero-order valence-electron chi connectivity index (χ0n) is 11.3. The van der Waals surface area contributed by atoms with Gasteiger partial charge < -0.3 is 30.8 Å². The number of carbonyl (C=O) groups excluding carboxylic acids is 1. The number of aromatic carboxylic acids is 1. The first kappa shape index (κ1) is 16.7. The highest BCUT2D eigenvalue weighted by Crippen LogP contribution is 2.33. The lowest BCUT2D eigenvalue weighted by Crippen LogP contribution is -2.27. The summed E-state index contributed by atoms with van der Waals surface area (Å²) in [7, 11) is 0. The molecule has 6 N–H and O–H groups in total. The van der Waals surface area contributed by atoms with Gasteiger partial charge in [0.05, 0.1) is 6.10 Å². The van der Waals surface area contributed by atoms with Crippen LogP contribution in [0.5, 0.6) is 11.5 Å². The molecule has 0 aliphatic rings. The number of rotatable bonds is 6. The van der Waals surface area contributed by atoms with Crippen molar-refractivity contribution >= 4 is 11.9 Å². The number of nitrogens with one attached hydrogen (secondary N) is 1. The fourth-order valence-corrected chi connectivity index (χ4v) is 1.76. The molecular formula is C13H17NO7. The molecule has 0 aliphatic heterocycles. The first-order valence-corrected chi connectivity index (χ1v) is 6.13. The fraction of sp³-hybridized carbons (Fsp3) is 0.385. The molecule has 0 saturated heterocycles. The van der Waals surface area contributed by atoms with Crippen molar-refractivity contribution in [3.63, 3.8) is 0 Å². The van der Waals surface area contributed by atoms with Crippen LogP contribution < -0.4 is 5.32 Å². The van der Waals surface area contributed by atoms with Crippen LogP contribution in [0.25, 0.3) is 0 Å². The zero-order chi connectivity index (χ0) is 16.2. The Morgan fingerprint density at radius 3 is 2.33 bits per heavy atom. The van der Waals surface area contributed by atoms with E-state index >= 15 is 0 Å². The standard InChI is InChI=1S/C13H17NO7/c1-6(15)14-3-2-9(16)12(19)7-4-8(13(20)21)11(18)5-10(7)17/h4-5,9,12,16-19H,2-3H2,1H3,(H,14,15)(H,20,21). The van der Waals surface area contributed by atoms with Crippen LogP contribution in [0.15, 0.2) is 12.1 Å². The summed E-state index contributed by atoms with van der Waals surface area (Å²) in [5.41, 5.74) is -0.726. The number of aliphatic hydroxyl groups excluding tert-OH is 2. The normalized spacial score (nSPS) is 13.5. The molecule has 1 aromatic carbocycles. The number of amides is 1. The molecule has 1 rings (SSSR count). The number of phenolic OH excluding ortho intramolecular Hbond substituents is 1. The van der Waals surface area contributed by atoms with Crippen LogP contribution in [0, 0.1) is 0 Å². The van der Waals surface area contributed by atoms with Gasteiger partial charge in [-0.1, -0.05) is 0 Å². The maximum atomic E-state index is 10.9. The van der Waals surface area contributed by atoms with E-state index in [0.717, 1.165) is 12.1 Å². The number of carboxylic acids is 1. The zero-order valence-corrected chi connectivity index (χ0v) is 11.3. The molecule has 1 aromatic rings. The summed E-state index contributed by atoms with van der Waals surface area (Å²) >= 11 is 0. The minimum absolute atomic E-state index is 0.00344. The van der Waals surface area contributed by atoms with Crippen molar-refractivity contribution in [1.82, 2.24) is 5.32 Å². The number of hydrogen-bond acceptors (Lipinski definition) is 6. The van der Waals surface area contributed by atoms with Crippen molar-refractivity contribution in [2.45, 2.75) is 25.6 Å². The molecule has 21 heavy (non-hydrogen) atoms. The highest BCUT2D eigenvalue weighted by atomic mass is 16.4. The molecule has 116 valence electrons. The van der Waals surface area contributed by atoms with Gasteiger partial charge in [0.1, 0.15) is 23.2 Å². The Labute approximate surface area is 120 Å². The Hall–Kier alpha value is -2.32. The van der Waals surface area contributed by atoms with Crippen molar-refractivity contribution in [3.05, 3.63) is 23.3 Å². The Bertz CT molecular complexity index is 544. The van der Waals surface area contributed by atoms with Crippen LogP contribution in [0.1, 0.15) is 35.4 Å². The largest absolute Gasteiger partial charge is 0.507 e. The third-order valence-electron chi connectivity index (χ3n) is 2.87. The monoisotopic (exact) mass is 299 g/mol. The van der Waals surface area contributed by atoms with Crippen LogP contribution in [0.4, 0.5) is 0 Å². The number of benzene rings is 1. The van der Waals surface area contributed by atoms with Gasteiger partial charge >= 0.3 is 5.97 Å².